The number of carboxylic acid groups (broad SMARTS) is 1. The van der Waals surface area contributed by atoms with Crippen LogP contribution in [0.15, 0.2) is 24.3 Å². The van der Waals surface area contributed by atoms with E-state index in [9.17, 15) is 37.4 Å². The van der Waals surface area contributed by atoms with E-state index < -0.39 is 51.7 Å². The second kappa shape index (κ2) is 6.61. The van der Waals surface area contributed by atoms with Gasteiger partial charge in [0, 0.05) is 28.3 Å². The Balaban J connectivity index is 2.45. The molecule has 3 aromatic rings. The Kier molecular flexibility index (Phi) is 4.64. The van der Waals surface area contributed by atoms with E-state index in [1.807, 2.05) is 0 Å². The zero-order chi connectivity index (χ0) is 21.8. The summed E-state index contributed by atoms with van der Waals surface area (Å²) in [4.78, 5) is 24.7. The molecular weight excluding hydrogens is 394 g/mol. The fourth-order valence-corrected chi connectivity index (χ4v) is 3.38. The van der Waals surface area contributed by atoms with Crippen molar-refractivity contribution in [1.29, 1.82) is 0 Å². The summed E-state index contributed by atoms with van der Waals surface area (Å²) < 4.78 is 56.4. The lowest BCUT2D eigenvalue weighted by Gasteiger charge is -2.20. The molecule has 3 rings (SSSR count). The van der Waals surface area contributed by atoms with Crippen LogP contribution in [0.3, 0.4) is 0 Å². The summed E-state index contributed by atoms with van der Waals surface area (Å²) >= 11 is 0. The summed E-state index contributed by atoms with van der Waals surface area (Å²) in [7, 11) is 0. The molecule has 0 aliphatic rings. The number of phenols is 1. The summed E-state index contributed by atoms with van der Waals surface area (Å²) in [5.41, 5.74) is -2.62. The topological polar surface area (TPSA) is 79.5 Å². The van der Waals surface area contributed by atoms with Gasteiger partial charge in [-0.15, -0.1) is 0 Å². The molecule has 2 aromatic carbocycles. The minimum atomic E-state index is -1.73. The number of benzene rings is 2. The van der Waals surface area contributed by atoms with Crippen molar-refractivity contribution in [3.05, 3.63) is 64.4 Å². The molecule has 0 radical (unpaired) electrons. The van der Waals surface area contributed by atoms with Crippen LogP contribution < -0.4 is 0 Å². The molecule has 29 heavy (non-hydrogen) atoms. The third-order valence-corrected chi connectivity index (χ3v) is 4.89. The molecule has 0 fully saturated rings. The summed E-state index contributed by atoms with van der Waals surface area (Å²) in [5.74, 6) is -8.92. The van der Waals surface area contributed by atoms with E-state index in [1.54, 1.807) is 0 Å². The lowest BCUT2D eigenvalue weighted by Crippen LogP contribution is -2.29. The third-order valence-electron chi connectivity index (χ3n) is 4.89. The SMILES string of the molecule is Cc1c(C(C)(C)C(=O)O)c2c(F)c(O)c(F)cc2n1C(=O)c1ccc(F)c(F)c1. The highest BCUT2D eigenvalue weighted by Gasteiger charge is 2.38. The maximum atomic E-state index is 14.8. The van der Waals surface area contributed by atoms with Gasteiger partial charge in [-0.25, -0.2) is 17.6 Å². The lowest BCUT2D eigenvalue weighted by atomic mass is 9.82. The van der Waals surface area contributed by atoms with Crippen LogP contribution in [0.25, 0.3) is 10.9 Å². The van der Waals surface area contributed by atoms with Crippen LogP contribution in [0.5, 0.6) is 5.75 Å². The highest BCUT2D eigenvalue weighted by Crippen LogP contribution is 2.41. The number of fused-ring (bicyclic) bond motifs is 1. The van der Waals surface area contributed by atoms with E-state index in [-0.39, 0.29) is 22.3 Å². The minimum Gasteiger partial charge on any atom is -0.503 e. The molecule has 0 bridgehead atoms. The summed E-state index contributed by atoms with van der Waals surface area (Å²) in [6.45, 7) is 3.82. The fourth-order valence-electron chi connectivity index (χ4n) is 3.38. The van der Waals surface area contributed by atoms with E-state index in [4.69, 9.17) is 0 Å². The van der Waals surface area contributed by atoms with Crippen LogP contribution in [0, 0.1) is 30.2 Å². The first kappa shape index (κ1) is 20.4. The first-order chi connectivity index (χ1) is 13.4. The van der Waals surface area contributed by atoms with Gasteiger partial charge in [0.05, 0.1) is 10.9 Å². The fraction of sp³-hybridized carbons (Fsp3) is 0.200. The largest absolute Gasteiger partial charge is 0.503 e. The Morgan fingerprint density at radius 1 is 1.00 bits per heavy atom. The number of rotatable bonds is 3. The van der Waals surface area contributed by atoms with Crippen molar-refractivity contribution in [3.63, 3.8) is 0 Å². The highest BCUT2D eigenvalue weighted by atomic mass is 19.2. The maximum absolute atomic E-state index is 14.8. The van der Waals surface area contributed by atoms with Crippen LogP contribution in [0.1, 0.15) is 35.5 Å². The number of phenolic OH excluding ortho intramolecular Hbond substituents is 1. The number of aromatic nitrogens is 1. The zero-order valence-corrected chi connectivity index (χ0v) is 15.5. The molecule has 0 aliphatic carbocycles. The Labute approximate surface area is 161 Å². The van der Waals surface area contributed by atoms with Gasteiger partial charge in [0.25, 0.3) is 5.91 Å². The number of aromatic hydroxyl groups is 1. The Hall–Kier alpha value is -3.36. The summed E-state index contributed by atoms with van der Waals surface area (Å²) in [6, 6.07) is 3.01. The molecule has 5 nitrogen and oxygen atoms in total. The number of carboxylic acids is 1. The van der Waals surface area contributed by atoms with Crippen molar-refractivity contribution in [1.82, 2.24) is 4.57 Å². The molecule has 0 amide bonds. The van der Waals surface area contributed by atoms with E-state index in [2.05, 4.69) is 0 Å². The van der Waals surface area contributed by atoms with E-state index in [0.717, 1.165) is 16.7 Å². The van der Waals surface area contributed by atoms with Crippen LogP contribution >= 0.6 is 0 Å². The molecule has 2 N–H and O–H groups in total. The number of hydrogen-bond acceptors (Lipinski definition) is 3. The smallest absolute Gasteiger partial charge is 0.313 e. The molecule has 0 atom stereocenters. The van der Waals surface area contributed by atoms with Crippen molar-refractivity contribution in [3.8, 4) is 5.75 Å². The second-order valence-electron chi connectivity index (χ2n) is 7.08. The van der Waals surface area contributed by atoms with Crippen LogP contribution in [-0.2, 0) is 10.2 Å². The van der Waals surface area contributed by atoms with Crippen molar-refractivity contribution in [2.24, 2.45) is 0 Å². The molecule has 9 heteroatoms. The van der Waals surface area contributed by atoms with Crippen LogP contribution in [0.4, 0.5) is 17.6 Å². The van der Waals surface area contributed by atoms with Crippen LogP contribution in [0.2, 0.25) is 0 Å². The van der Waals surface area contributed by atoms with Gasteiger partial charge in [0.2, 0.25) is 0 Å². The Morgan fingerprint density at radius 3 is 2.17 bits per heavy atom. The van der Waals surface area contributed by atoms with Crippen molar-refractivity contribution in [2.75, 3.05) is 0 Å². The van der Waals surface area contributed by atoms with Gasteiger partial charge in [-0.3, -0.25) is 14.2 Å². The predicted octanol–water partition coefficient (Wildman–Crippen LogP) is 4.26. The van der Waals surface area contributed by atoms with Crippen molar-refractivity contribution in [2.45, 2.75) is 26.2 Å². The number of hydrogen-bond donors (Lipinski definition) is 2. The number of halogens is 4. The first-order valence-corrected chi connectivity index (χ1v) is 8.35. The Morgan fingerprint density at radius 2 is 1.62 bits per heavy atom. The second-order valence-corrected chi connectivity index (χ2v) is 7.08. The first-order valence-electron chi connectivity index (χ1n) is 8.35. The molecular formula is C20H15F4NO4. The molecule has 1 heterocycles. The number of aliphatic carboxylic acids is 1. The molecule has 0 unspecified atom stereocenters. The van der Waals surface area contributed by atoms with Crippen LogP contribution in [-0.4, -0.2) is 26.7 Å². The molecule has 0 saturated heterocycles. The Bertz CT molecular complexity index is 1200. The van der Waals surface area contributed by atoms with Gasteiger partial charge in [0.15, 0.2) is 29.0 Å². The average Bonchev–Trinajstić information content (AvgIpc) is 2.93. The van der Waals surface area contributed by atoms with E-state index in [0.29, 0.717) is 12.1 Å². The third kappa shape index (κ3) is 2.93. The number of carbonyl (C=O) groups excluding carboxylic acids is 1. The standard InChI is InChI=1S/C20H15F4NO4/c1-8-15(20(2,3)19(28)29)14-13(7-12(23)17(26)16(14)24)25(8)18(27)9-4-5-10(21)11(22)6-9/h4-7,26H,1-3H3,(H,28,29). The summed E-state index contributed by atoms with van der Waals surface area (Å²) in [6.07, 6.45) is 0. The summed E-state index contributed by atoms with van der Waals surface area (Å²) in [5, 5.41) is 18.8. The highest BCUT2D eigenvalue weighted by molar-refractivity contribution is 6.06. The monoisotopic (exact) mass is 409 g/mol. The molecule has 0 aliphatic heterocycles. The van der Waals surface area contributed by atoms with Crippen molar-refractivity contribution >= 4 is 22.8 Å². The molecule has 1 aromatic heterocycles. The predicted molar refractivity (Wildman–Crippen MR) is 95.0 cm³/mol. The average molecular weight is 409 g/mol. The maximum Gasteiger partial charge on any atom is 0.313 e. The van der Waals surface area contributed by atoms with Gasteiger partial charge in [-0.05, 0) is 39.0 Å². The van der Waals surface area contributed by atoms with Crippen molar-refractivity contribution < 1.29 is 37.4 Å². The minimum absolute atomic E-state index is 0.0500. The zero-order valence-electron chi connectivity index (χ0n) is 15.5. The van der Waals surface area contributed by atoms with Gasteiger partial charge >= 0.3 is 5.97 Å². The molecule has 0 spiro atoms. The quantitative estimate of drug-likeness (QED) is 0.634. The van der Waals surface area contributed by atoms with E-state index in [1.165, 1.54) is 20.8 Å². The number of carbonyl (C=O) groups is 2. The van der Waals surface area contributed by atoms with Gasteiger partial charge < -0.3 is 10.2 Å². The normalized spacial score (nSPS) is 11.8. The van der Waals surface area contributed by atoms with Gasteiger partial charge in [-0.2, -0.15) is 0 Å². The number of nitrogens with zero attached hydrogens (tertiary/aromatic N) is 1. The van der Waals surface area contributed by atoms with E-state index >= 15 is 0 Å². The van der Waals surface area contributed by atoms with Gasteiger partial charge in [-0.1, -0.05) is 0 Å². The molecule has 0 saturated carbocycles. The molecule has 152 valence electrons. The van der Waals surface area contributed by atoms with Gasteiger partial charge in [0.1, 0.15) is 0 Å². The lowest BCUT2D eigenvalue weighted by molar-refractivity contribution is -0.142.